The second-order valence-electron chi connectivity index (χ2n) is 3.87. The Bertz CT molecular complexity index is 478. The maximum Gasteiger partial charge on any atom is 0.524 e. The van der Waals surface area contributed by atoms with Gasteiger partial charge in [0.25, 0.3) is 0 Å². The SMILES string of the molecule is CCCc1ccccc1C(=O)OC(=O)OC(=O)CC. The number of carbonyl (C=O) groups excluding carboxylic acids is 3. The van der Waals surface area contributed by atoms with Gasteiger partial charge in [-0.1, -0.05) is 38.5 Å². The van der Waals surface area contributed by atoms with Crippen molar-refractivity contribution in [1.29, 1.82) is 0 Å². The van der Waals surface area contributed by atoms with Gasteiger partial charge in [-0.05, 0) is 18.1 Å². The van der Waals surface area contributed by atoms with Gasteiger partial charge in [-0.15, -0.1) is 0 Å². The van der Waals surface area contributed by atoms with Crippen LogP contribution < -0.4 is 0 Å². The van der Waals surface area contributed by atoms with Crippen molar-refractivity contribution in [3.8, 4) is 0 Å². The van der Waals surface area contributed by atoms with Gasteiger partial charge in [0.1, 0.15) is 0 Å². The molecule has 0 heterocycles. The maximum atomic E-state index is 11.8. The molecule has 102 valence electrons. The van der Waals surface area contributed by atoms with Gasteiger partial charge in [-0.25, -0.2) is 9.59 Å². The molecule has 0 unspecified atom stereocenters. The van der Waals surface area contributed by atoms with Crippen LogP contribution in [0.1, 0.15) is 42.6 Å². The highest BCUT2D eigenvalue weighted by atomic mass is 16.8. The van der Waals surface area contributed by atoms with E-state index in [0.717, 1.165) is 12.0 Å². The van der Waals surface area contributed by atoms with Gasteiger partial charge in [0, 0.05) is 6.42 Å². The first-order chi connectivity index (χ1) is 9.08. The van der Waals surface area contributed by atoms with Crippen molar-refractivity contribution >= 4 is 18.1 Å². The van der Waals surface area contributed by atoms with Crippen molar-refractivity contribution in [1.82, 2.24) is 0 Å². The fourth-order valence-corrected chi connectivity index (χ4v) is 1.52. The van der Waals surface area contributed by atoms with Crippen molar-refractivity contribution < 1.29 is 23.9 Å². The molecular weight excluding hydrogens is 248 g/mol. The van der Waals surface area contributed by atoms with Crippen LogP contribution in [0.25, 0.3) is 0 Å². The Kier molecular flexibility index (Phi) is 5.73. The van der Waals surface area contributed by atoms with E-state index in [4.69, 9.17) is 0 Å². The number of hydrogen-bond donors (Lipinski definition) is 0. The summed E-state index contributed by atoms with van der Waals surface area (Å²) in [5.41, 5.74) is 1.11. The lowest BCUT2D eigenvalue weighted by atomic mass is 10.0. The second kappa shape index (κ2) is 7.31. The summed E-state index contributed by atoms with van der Waals surface area (Å²) in [6, 6.07) is 6.85. The van der Waals surface area contributed by atoms with Gasteiger partial charge in [0.05, 0.1) is 5.56 Å². The number of carbonyl (C=O) groups is 3. The highest BCUT2D eigenvalue weighted by Crippen LogP contribution is 2.13. The number of hydrogen-bond acceptors (Lipinski definition) is 5. The van der Waals surface area contributed by atoms with Crippen LogP contribution in [0.3, 0.4) is 0 Å². The Morgan fingerprint density at radius 3 is 2.37 bits per heavy atom. The molecular formula is C14H16O5. The van der Waals surface area contributed by atoms with Gasteiger partial charge in [0.15, 0.2) is 0 Å². The molecule has 1 aromatic rings. The van der Waals surface area contributed by atoms with Crippen molar-refractivity contribution in [3.05, 3.63) is 35.4 Å². The maximum absolute atomic E-state index is 11.8. The Balaban J connectivity index is 2.73. The predicted molar refractivity (Wildman–Crippen MR) is 67.6 cm³/mol. The van der Waals surface area contributed by atoms with E-state index in [1.807, 2.05) is 6.92 Å². The predicted octanol–water partition coefficient (Wildman–Crippen LogP) is 2.87. The molecule has 0 radical (unpaired) electrons. The van der Waals surface area contributed by atoms with E-state index in [-0.39, 0.29) is 6.42 Å². The van der Waals surface area contributed by atoms with Crippen LogP contribution in [0.15, 0.2) is 24.3 Å². The van der Waals surface area contributed by atoms with Gasteiger partial charge < -0.3 is 9.47 Å². The zero-order valence-corrected chi connectivity index (χ0v) is 11.0. The van der Waals surface area contributed by atoms with Gasteiger partial charge in [-0.3, -0.25) is 4.79 Å². The van der Waals surface area contributed by atoms with Crippen molar-refractivity contribution in [2.45, 2.75) is 33.1 Å². The standard InChI is InChI=1S/C14H16O5/c1-3-7-10-8-5-6-9-11(10)13(16)19-14(17)18-12(15)4-2/h5-6,8-9H,3-4,7H2,1-2H3. The summed E-state index contributed by atoms with van der Waals surface area (Å²) in [6.07, 6.45) is 0.315. The lowest BCUT2D eigenvalue weighted by Crippen LogP contribution is -2.18. The molecule has 1 rings (SSSR count). The van der Waals surface area contributed by atoms with Crippen LogP contribution in [-0.4, -0.2) is 18.1 Å². The zero-order chi connectivity index (χ0) is 14.3. The van der Waals surface area contributed by atoms with Gasteiger partial charge in [-0.2, -0.15) is 0 Å². The minimum Gasteiger partial charge on any atom is -0.360 e. The molecule has 0 aromatic heterocycles. The van der Waals surface area contributed by atoms with E-state index >= 15 is 0 Å². The van der Waals surface area contributed by atoms with Crippen LogP contribution >= 0.6 is 0 Å². The summed E-state index contributed by atoms with van der Waals surface area (Å²) >= 11 is 0. The van der Waals surface area contributed by atoms with Crippen molar-refractivity contribution in [3.63, 3.8) is 0 Å². The van der Waals surface area contributed by atoms with Gasteiger partial charge >= 0.3 is 18.1 Å². The van der Waals surface area contributed by atoms with E-state index in [9.17, 15) is 14.4 Å². The largest absolute Gasteiger partial charge is 0.524 e. The fraction of sp³-hybridized carbons (Fsp3) is 0.357. The molecule has 1 aromatic carbocycles. The molecule has 0 atom stereocenters. The first-order valence-corrected chi connectivity index (χ1v) is 6.13. The molecule has 0 N–H and O–H groups in total. The Hall–Kier alpha value is -2.17. The smallest absolute Gasteiger partial charge is 0.360 e. The average molecular weight is 264 g/mol. The summed E-state index contributed by atoms with van der Waals surface area (Å²) in [5.74, 6) is -1.54. The van der Waals surface area contributed by atoms with Crippen LogP contribution in [0.2, 0.25) is 0 Å². The van der Waals surface area contributed by atoms with E-state index in [2.05, 4.69) is 9.47 Å². The molecule has 5 heteroatoms. The molecule has 0 saturated carbocycles. The molecule has 0 spiro atoms. The average Bonchev–Trinajstić information content (AvgIpc) is 2.39. The van der Waals surface area contributed by atoms with Crippen LogP contribution in [0.4, 0.5) is 4.79 Å². The highest BCUT2D eigenvalue weighted by molar-refractivity contribution is 5.98. The first kappa shape index (κ1) is 14.9. The molecule has 5 nitrogen and oxygen atoms in total. The third-order valence-electron chi connectivity index (χ3n) is 2.42. The summed E-state index contributed by atoms with van der Waals surface area (Å²) in [5, 5.41) is 0. The summed E-state index contributed by atoms with van der Waals surface area (Å²) in [4.78, 5) is 33.8. The van der Waals surface area contributed by atoms with Crippen molar-refractivity contribution in [2.75, 3.05) is 0 Å². The highest BCUT2D eigenvalue weighted by Gasteiger charge is 2.18. The lowest BCUT2D eigenvalue weighted by molar-refractivity contribution is -0.138. The van der Waals surface area contributed by atoms with E-state index < -0.39 is 18.1 Å². The minimum absolute atomic E-state index is 0.0374. The number of esters is 2. The second-order valence-corrected chi connectivity index (χ2v) is 3.87. The van der Waals surface area contributed by atoms with E-state index in [0.29, 0.717) is 12.0 Å². The summed E-state index contributed by atoms with van der Waals surface area (Å²) in [6.45, 7) is 3.52. The molecule has 0 aliphatic heterocycles. The molecule has 0 aliphatic rings. The molecule has 0 saturated heterocycles. The number of aryl methyl sites for hydroxylation is 1. The molecule has 0 fully saturated rings. The first-order valence-electron chi connectivity index (χ1n) is 6.13. The number of rotatable bonds is 4. The third kappa shape index (κ3) is 4.54. The van der Waals surface area contributed by atoms with E-state index in [1.54, 1.807) is 24.3 Å². The Labute approximate surface area is 111 Å². The zero-order valence-electron chi connectivity index (χ0n) is 11.0. The van der Waals surface area contributed by atoms with Crippen LogP contribution in [0, 0.1) is 0 Å². The summed E-state index contributed by atoms with van der Waals surface area (Å²) in [7, 11) is 0. The molecule has 0 amide bonds. The topological polar surface area (TPSA) is 69.7 Å². The fourth-order valence-electron chi connectivity index (χ4n) is 1.52. The molecule has 0 bridgehead atoms. The van der Waals surface area contributed by atoms with Gasteiger partial charge in [0.2, 0.25) is 0 Å². The van der Waals surface area contributed by atoms with Crippen LogP contribution in [-0.2, 0) is 20.7 Å². The Morgan fingerprint density at radius 1 is 1.05 bits per heavy atom. The number of benzene rings is 1. The summed E-state index contributed by atoms with van der Waals surface area (Å²) < 4.78 is 8.75. The minimum atomic E-state index is -1.29. The molecule has 0 aliphatic carbocycles. The van der Waals surface area contributed by atoms with Crippen LogP contribution in [0.5, 0.6) is 0 Å². The quantitative estimate of drug-likeness (QED) is 0.617. The monoisotopic (exact) mass is 264 g/mol. The molecule has 19 heavy (non-hydrogen) atoms. The lowest BCUT2D eigenvalue weighted by Gasteiger charge is -2.07. The Morgan fingerprint density at radius 2 is 1.74 bits per heavy atom. The normalized spacial score (nSPS) is 9.79. The third-order valence-corrected chi connectivity index (χ3v) is 2.42. The van der Waals surface area contributed by atoms with Crippen molar-refractivity contribution in [2.24, 2.45) is 0 Å². The van der Waals surface area contributed by atoms with E-state index in [1.165, 1.54) is 6.92 Å². The number of ether oxygens (including phenoxy) is 2.